The molecule has 29 heavy (non-hydrogen) atoms. The standard InChI is InChI=1S/C21H18ClN5O2/c1-23-13-4-5-16-14(10-13)19(18-20(27-16)24-7-8-25-21(18)28)26-11-12-3-6-17(29-2)15(22)9-12/h3-6,9-10H,7-8,11H2,2H3,(H,25,28)(H2,24,26,27). The van der Waals surface area contributed by atoms with Crippen LogP contribution in [0.25, 0.3) is 15.7 Å². The Balaban J connectivity index is 1.81. The Morgan fingerprint density at radius 2 is 2.07 bits per heavy atom. The third-order valence-electron chi connectivity index (χ3n) is 4.71. The van der Waals surface area contributed by atoms with E-state index in [1.807, 2.05) is 12.1 Å². The van der Waals surface area contributed by atoms with Gasteiger partial charge in [0.1, 0.15) is 17.1 Å². The summed E-state index contributed by atoms with van der Waals surface area (Å²) in [5.74, 6) is 0.921. The van der Waals surface area contributed by atoms with Crippen molar-refractivity contribution >= 4 is 45.6 Å². The normalized spacial score (nSPS) is 12.9. The molecule has 0 unspecified atom stereocenters. The van der Waals surface area contributed by atoms with Gasteiger partial charge in [-0.25, -0.2) is 9.83 Å². The summed E-state index contributed by atoms with van der Waals surface area (Å²) in [6, 6.07) is 10.8. The molecule has 8 heteroatoms. The Labute approximate surface area is 172 Å². The highest BCUT2D eigenvalue weighted by Crippen LogP contribution is 2.35. The van der Waals surface area contributed by atoms with Crippen LogP contribution in [0.15, 0.2) is 36.4 Å². The van der Waals surface area contributed by atoms with Gasteiger partial charge >= 0.3 is 0 Å². The molecule has 0 atom stereocenters. The van der Waals surface area contributed by atoms with Crippen molar-refractivity contribution in [2.45, 2.75) is 6.54 Å². The molecule has 0 fully saturated rings. The van der Waals surface area contributed by atoms with Crippen molar-refractivity contribution in [3.05, 3.63) is 64.0 Å². The van der Waals surface area contributed by atoms with Gasteiger partial charge in [0.25, 0.3) is 5.91 Å². The van der Waals surface area contributed by atoms with E-state index in [9.17, 15) is 4.79 Å². The molecule has 0 saturated heterocycles. The first-order valence-corrected chi connectivity index (χ1v) is 9.42. The van der Waals surface area contributed by atoms with Crippen molar-refractivity contribution in [1.29, 1.82) is 0 Å². The number of methoxy groups -OCH3 is 1. The Morgan fingerprint density at radius 1 is 1.24 bits per heavy atom. The van der Waals surface area contributed by atoms with Gasteiger partial charge in [0.2, 0.25) is 0 Å². The van der Waals surface area contributed by atoms with Crippen molar-refractivity contribution in [1.82, 2.24) is 10.3 Å². The highest BCUT2D eigenvalue weighted by Gasteiger charge is 2.23. The summed E-state index contributed by atoms with van der Waals surface area (Å²) in [5.41, 5.74) is 3.19. The maximum absolute atomic E-state index is 12.7. The SMILES string of the molecule is [C-]#[N+]c1ccc2nc3c(c(NCc4ccc(OC)c(Cl)c4)c2c1)C(=O)NCCN3. The summed E-state index contributed by atoms with van der Waals surface area (Å²) >= 11 is 6.24. The second-order valence-corrected chi connectivity index (χ2v) is 6.94. The lowest BCUT2D eigenvalue weighted by molar-refractivity contribution is 0.0958. The van der Waals surface area contributed by atoms with Gasteiger partial charge in [-0.2, -0.15) is 0 Å². The van der Waals surface area contributed by atoms with Crippen molar-refractivity contribution in [2.75, 3.05) is 30.8 Å². The molecule has 1 aliphatic heterocycles. The third kappa shape index (κ3) is 3.62. The number of carbonyl (C=O) groups is 1. The fourth-order valence-electron chi connectivity index (χ4n) is 3.31. The minimum atomic E-state index is -0.206. The van der Waals surface area contributed by atoms with Crippen LogP contribution in [0.2, 0.25) is 5.02 Å². The molecule has 4 rings (SSSR count). The van der Waals surface area contributed by atoms with E-state index in [1.54, 1.807) is 31.4 Å². The number of hydrogen-bond donors (Lipinski definition) is 3. The molecule has 1 aliphatic rings. The Kier molecular flexibility index (Phi) is 5.10. The zero-order chi connectivity index (χ0) is 20.4. The van der Waals surface area contributed by atoms with Gasteiger partial charge in [-0.15, -0.1) is 0 Å². The van der Waals surface area contributed by atoms with Crippen LogP contribution in [0.3, 0.4) is 0 Å². The van der Waals surface area contributed by atoms with Crippen LogP contribution in [0.5, 0.6) is 5.75 Å². The summed E-state index contributed by atoms with van der Waals surface area (Å²) in [6.07, 6.45) is 0. The van der Waals surface area contributed by atoms with E-state index in [0.717, 1.165) is 10.9 Å². The molecule has 0 bridgehead atoms. The molecule has 3 aromatic rings. The second-order valence-electron chi connectivity index (χ2n) is 6.53. The van der Waals surface area contributed by atoms with Gasteiger partial charge in [-0.1, -0.05) is 23.7 Å². The number of pyridine rings is 1. The molecule has 1 aromatic heterocycles. The lowest BCUT2D eigenvalue weighted by Crippen LogP contribution is -2.25. The van der Waals surface area contributed by atoms with Crippen LogP contribution in [0, 0.1) is 6.57 Å². The summed E-state index contributed by atoms with van der Waals surface area (Å²) in [7, 11) is 1.57. The maximum Gasteiger partial charge on any atom is 0.257 e. The van der Waals surface area contributed by atoms with Crippen LogP contribution < -0.4 is 20.7 Å². The van der Waals surface area contributed by atoms with Crippen molar-refractivity contribution < 1.29 is 9.53 Å². The summed E-state index contributed by atoms with van der Waals surface area (Å²) in [5, 5.41) is 10.7. The first-order chi connectivity index (χ1) is 14.1. The van der Waals surface area contributed by atoms with E-state index in [-0.39, 0.29) is 5.91 Å². The topological polar surface area (TPSA) is 79.6 Å². The predicted octanol–water partition coefficient (Wildman–Crippen LogP) is 4.21. The molecule has 0 saturated carbocycles. The van der Waals surface area contributed by atoms with Crippen molar-refractivity contribution in [2.24, 2.45) is 0 Å². The molecular formula is C21H18ClN5O2. The minimum absolute atomic E-state index is 0.206. The molecule has 0 aliphatic carbocycles. The number of ether oxygens (including phenoxy) is 1. The summed E-state index contributed by atoms with van der Waals surface area (Å²) < 4.78 is 5.20. The summed E-state index contributed by atoms with van der Waals surface area (Å²) in [6.45, 7) is 8.85. The van der Waals surface area contributed by atoms with E-state index >= 15 is 0 Å². The molecule has 146 valence electrons. The van der Waals surface area contributed by atoms with Crippen molar-refractivity contribution in [3.8, 4) is 5.75 Å². The quantitative estimate of drug-likeness (QED) is 0.564. The molecule has 0 spiro atoms. The number of benzene rings is 2. The van der Waals surface area contributed by atoms with E-state index in [4.69, 9.17) is 22.9 Å². The number of halogens is 1. The predicted molar refractivity (Wildman–Crippen MR) is 114 cm³/mol. The monoisotopic (exact) mass is 407 g/mol. The van der Waals surface area contributed by atoms with Crippen molar-refractivity contribution in [3.63, 3.8) is 0 Å². The lowest BCUT2D eigenvalue weighted by atomic mass is 10.1. The highest BCUT2D eigenvalue weighted by atomic mass is 35.5. The number of nitrogens with zero attached hydrogens (tertiary/aromatic N) is 2. The van der Waals surface area contributed by atoms with Crippen LogP contribution in [0.4, 0.5) is 17.2 Å². The van der Waals surface area contributed by atoms with Gasteiger partial charge in [-0.05, 0) is 29.8 Å². The lowest BCUT2D eigenvalue weighted by Gasteiger charge is -2.17. The smallest absolute Gasteiger partial charge is 0.257 e. The Bertz CT molecular complexity index is 1160. The fourth-order valence-corrected chi connectivity index (χ4v) is 3.59. The largest absolute Gasteiger partial charge is 0.495 e. The number of carbonyl (C=O) groups excluding carboxylic acids is 1. The van der Waals surface area contributed by atoms with Gasteiger partial charge in [-0.3, -0.25) is 4.79 Å². The van der Waals surface area contributed by atoms with E-state index in [0.29, 0.717) is 58.7 Å². The average molecular weight is 408 g/mol. The van der Waals surface area contributed by atoms with Crippen LogP contribution in [-0.2, 0) is 6.54 Å². The number of nitrogens with one attached hydrogen (secondary N) is 3. The van der Waals surface area contributed by atoms with E-state index in [2.05, 4.69) is 25.8 Å². The highest BCUT2D eigenvalue weighted by molar-refractivity contribution is 6.32. The number of fused-ring (bicyclic) bond motifs is 2. The van der Waals surface area contributed by atoms with Crippen LogP contribution in [-0.4, -0.2) is 31.1 Å². The molecule has 2 heterocycles. The zero-order valence-electron chi connectivity index (χ0n) is 15.7. The Hall–Kier alpha value is -3.50. The van der Waals surface area contributed by atoms with Crippen LogP contribution in [0.1, 0.15) is 15.9 Å². The van der Waals surface area contributed by atoms with E-state index < -0.39 is 0 Å². The second kappa shape index (κ2) is 7.86. The van der Waals surface area contributed by atoms with Gasteiger partial charge in [0, 0.05) is 25.0 Å². The first kappa shape index (κ1) is 18.8. The number of amides is 1. The van der Waals surface area contributed by atoms with Crippen LogP contribution >= 0.6 is 11.6 Å². The minimum Gasteiger partial charge on any atom is -0.495 e. The molecule has 2 aromatic carbocycles. The number of anilines is 2. The number of rotatable bonds is 4. The molecular weight excluding hydrogens is 390 g/mol. The summed E-state index contributed by atoms with van der Waals surface area (Å²) in [4.78, 5) is 20.9. The molecule has 1 amide bonds. The molecule has 0 radical (unpaired) electrons. The molecule has 7 nitrogen and oxygen atoms in total. The van der Waals surface area contributed by atoms with Gasteiger partial charge in [0.05, 0.1) is 29.9 Å². The number of aromatic nitrogens is 1. The maximum atomic E-state index is 12.7. The Morgan fingerprint density at radius 3 is 2.83 bits per heavy atom. The van der Waals surface area contributed by atoms with Gasteiger partial charge in [0.15, 0.2) is 5.69 Å². The van der Waals surface area contributed by atoms with E-state index in [1.165, 1.54) is 0 Å². The zero-order valence-corrected chi connectivity index (χ0v) is 16.4. The first-order valence-electron chi connectivity index (χ1n) is 9.04. The molecule has 3 N–H and O–H groups in total. The third-order valence-corrected chi connectivity index (χ3v) is 5.01. The fraction of sp³-hybridized carbons (Fsp3) is 0.190. The van der Waals surface area contributed by atoms with Gasteiger partial charge < -0.3 is 20.7 Å². The average Bonchev–Trinajstić information content (AvgIpc) is 2.92. The number of hydrogen-bond acceptors (Lipinski definition) is 5.